The monoisotopic (exact) mass is 560 g/mol. The van der Waals surface area contributed by atoms with Crippen LogP contribution >= 0.6 is 11.6 Å². The number of halogens is 1. The summed E-state index contributed by atoms with van der Waals surface area (Å²) in [5.74, 6) is 0.436. The number of H-pyrrole nitrogens is 1. The number of benzene rings is 2. The van der Waals surface area contributed by atoms with E-state index in [4.69, 9.17) is 16.3 Å². The molecule has 1 aliphatic heterocycles. The van der Waals surface area contributed by atoms with E-state index in [1.165, 1.54) is 7.11 Å². The second-order valence-corrected chi connectivity index (χ2v) is 12.5. The Kier molecular flexibility index (Phi) is 7.70. The number of carbonyl (C=O) groups excluding carboxylic acids is 2. The van der Waals surface area contributed by atoms with Crippen LogP contribution in [0.2, 0.25) is 5.15 Å². The normalized spacial score (nSPS) is 14.9. The number of hydrogen-bond acceptors (Lipinski definition) is 7. The number of amides is 2. The molecule has 1 atom stereocenters. The van der Waals surface area contributed by atoms with Gasteiger partial charge in [0.25, 0.3) is 0 Å². The maximum absolute atomic E-state index is 12.7. The zero-order chi connectivity index (χ0) is 27.7. The lowest BCUT2D eigenvalue weighted by atomic mass is 10.0. The molecule has 3 aromatic rings. The summed E-state index contributed by atoms with van der Waals surface area (Å²) >= 11 is 6.51. The number of nitrogens with zero attached hydrogens (tertiary/aromatic N) is 1. The first-order valence-corrected chi connectivity index (χ1v) is 14.0. The van der Waals surface area contributed by atoms with Crippen LogP contribution in [0.25, 0.3) is 11.3 Å². The molecule has 1 aromatic heterocycles. The lowest BCUT2D eigenvalue weighted by Crippen LogP contribution is -2.36. The number of aromatic amines is 1. The van der Waals surface area contributed by atoms with Crippen molar-refractivity contribution >= 4 is 39.3 Å². The number of methoxy groups -OCH3 is 1. The van der Waals surface area contributed by atoms with Crippen molar-refractivity contribution in [1.82, 2.24) is 15.3 Å². The Morgan fingerprint density at radius 1 is 1.08 bits per heavy atom. The highest BCUT2D eigenvalue weighted by atomic mass is 35.5. The maximum Gasteiger partial charge on any atom is 0.411 e. The zero-order valence-electron chi connectivity index (χ0n) is 21.4. The van der Waals surface area contributed by atoms with Gasteiger partial charge in [0.05, 0.1) is 24.7 Å². The molecule has 4 rings (SSSR count). The Hall–Kier alpha value is -3.57. The molecular weight excluding hydrogens is 532 g/mol. The fraction of sp³-hybridized carbons (Fsp3) is 0.346. The molecule has 1 aliphatic rings. The summed E-state index contributed by atoms with van der Waals surface area (Å²) in [5, 5.41) is 5.70. The molecule has 2 aromatic carbocycles. The van der Waals surface area contributed by atoms with E-state index in [1.54, 1.807) is 45.0 Å². The Labute approximate surface area is 226 Å². The number of sulfone groups is 1. The highest BCUT2D eigenvalue weighted by molar-refractivity contribution is 7.90. The first kappa shape index (κ1) is 27.5. The summed E-state index contributed by atoms with van der Waals surface area (Å²) in [6, 6.07) is 11.7. The summed E-state index contributed by atoms with van der Waals surface area (Å²) < 4.78 is 34.2. The van der Waals surface area contributed by atoms with Gasteiger partial charge < -0.3 is 19.8 Å². The van der Waals surface area contributed by atoms with Crippen LogP contribution in [0.1, 0.15) is 49.3 Å². The van der Waals surface area contributed by atoms with Crippen LogP contribution < -0.4 is 10.6 Å². The Balaban J connectivity index is 1.61. The molecule has 0 saturated heterocycles. The average molecular weight is 561 g/mol. The maximum atomic E-state index is 12.7. The minimum Gasteiger partial charge on any atom is -0.453 e. The van der Waals surface area contributed by atoms with E-state index in [-0.39, 0.29) is 16.7 Å². The van der Waals surface area contributed by atoms with Crippen molar-refractivity contribution < 1.29 is 27.5 Å². The van der Waals surface area contributed by atoms with Crippen LogP contribution in [0.15, 0.2) is 42.5 Å². The fourth-order valence-electron chi connectivity index (χ4n) is 4.11. The SMILES string of the molecule is COC(=O)Nc1ccc(-c2nc([C@H](Cc3ccc4c(c3)CS(=O)(=O)C4)NC(=O)OC(C)(C)C)[nH]c2Cl)cc1. The first-order valence-electron chi connectivity index (χ1n) is 11.8. The van der Waals surface area contributed by atoms with E-state index in [9.17, 15) is 18.0 Å². The zero-order valence-corrected chi connectivity index (χ0v) is 23.0. The van der Waals surface area contributed by atoms with Crippen molar-refractivity contribution in [2.24, 2.45) is 0 Å². The van der Waals surface area contributed by atoms with E-state index < -0.39 is 33.7 Å². The molecule has 10 nitrogen and oxygen atoms in total. The minimum absolute atomic E-state index is 0.00209. The minimum atomic E-state index is -3.14. The standard InChI is InChI=1S/C26H29ClN4O6S/c1-26(2,3)37-25(33)29-20(12-15-5-6-17-13-38(34,35)14-18(17)11-15)23-30-21(22(27)31-23)16-7-9-19(10-8-16)28-24(32)36-4/h5-11,20H,12-14H2,1-4H3,(H,28,32)(H,29,33)(H,30,31)/t20-/m0/s1. The molecular formula is C26H29ClN4O6S. The number of nitrogens with one attached hydrogen (secondary N) is 3. The Morgan fingerprint density at radius 2 is 1.76 bits per heavy atom. The van der Waals surface area contributed by atoms with Gasteiger partial charge in [-0.2, -0.15) is 0 Å². The first-order chi connectivity index (χ1) is 17.8. The molecule has 38 heavy (non-hydrogen) atoms. The van der Waals surface area contributed by atoms with Gasteiger partial charge >= 0.3 is 12.2 Å². The Bertz CT molecular complexity index is 1460. The van der Waals surface area contributed by atoms with Crippen molar-refractivity contribution in [3.8, 4) is 11.3 Å². The number of aromatic nitrogens is 2. The molecule has 0 aliphatic carbocycles. The number of carbonyl (C=O) groups is 2. The van der Waals surface area contributed by atoms with Crippen LogP contribution in [-0.2, 0) is 37.2 Å². The molecule has 2 heterocycles. The van der Waals surface area contributed by atoms with Gasteiger partial charge in [0, 0.05) is 17.7 Å². The predicted octanol–water partition coefficient (Wildman–Crippen LogP) is 5.15. The summed E-state index contributed by atoms with van der Waals surface area (Å²) in [5.41, 5.74) is 3.36. The topological polar surface area (TPSA) is 139 Å². The smallest absolute Gasteiger partial charge is 0.411 e. The van der Waals surface area contributed by atoms with E-state index in [0.717, 1.165) is 16.7 Å². The van der Waals surface area contributed by atoms with Gasteiger partial charge in [-0.05, 0) is 49.6 Å². The number of hydrogen-bond donors (Lipinski definition) is 3. The van der Waals surface area contributed by atoms with Gasteiger partial charge in [0.2, 0.25) is 0 Å². The molecule has 3 N–H and O–H groups in total. The number of ether oxygens (including phenoxy) is 2. The van der Waals surface area contributed by atoms with Crippen molar-refractivity contribution in [2.75, 3.05) is 12.4 Å². The third-order valence-corrected chi connectivity index (χ3v) is 7.53. The molecule has 2 amide bonds. The second-order valence-electron chi connectivity index (χ2n) is 10.0. The third kappa shape index (κ3) is 6.84. The van der Waals surface area contributed by atoms with Gasteiger partial charge in [-0.3, -0.25) is 5.32 Å². The van der Waals surface area contributed by atoms with Crippen molar-refractivity contribution in [3.63, 3.8) is 0 Å². The van der Waals surface area contributed by atoms with E-state index >= 15 is 0 Å². The molecule has 0 radical (unpaired) electrons. The van der Waals surface area contributed by atoms with Crippen LogP contribution in [0.3, 0.4) is 0 Å². The molecule has 202 valence electrons. The summed E-state index contributed by atoms with van der Waals surface area (Å²) in [6.07, 6.45) is -0.894. The van der Waals surface area contributed by atoms with E-state index in [2.05, 4.69) is 25.3 Å². The molecule has 0 bridgehead atoms. The van der Waals surface area contributed by atoms with Crippen molar-refractivity contribution in [2.45, 2.75) is 50.3 Å². The number of alkyl carbamates (subject to hydrolysis) is 1. The van der Waals surface area contributed by atoms with Crippen LogP contribution in [0.4, 0.5) is 15.3 Å². The largest absolute Gasteiger partial charge is 0.453 e. The van der Waals surface area contributed by atoms with Gasteiger partial charge in [-0.25, -0.2) is 23.0 Å². The summed E-state index contributed by atoms with van der Waals surface area (Å²) in [4.78, 5) is 31.8. The van der Waals surface area contributed by atoms with Crippen LogP contribution in [0.5, 0.6) is 0 Å². The fourth-order valence-corrected chi connectivity index (χ4v) is 5.96. The highest BCUT2D eigenvalue weighted by Crippen LogP contribution is 2.31. The lowest BCUT2D eigenvalue weighted by Gasteiger charge is -2.23. The van der Waals surface area contributed by atoms with E-state index in [1.807, 2.05) is 18.2 Å². The highest BCUT2D eigenvalue weighted by Gasteiger charge is 2.27. The number of rotatable bonds is 6. The third-order valence-electron chi connectivity index (χ3n) is 5.75. The molecule has 0 fully saturated rings. The number of imidazole rings is 1. The number of fused-ring (bicyclic) bond motifs is 1. The second kappa shape index (κ2) is 10.7. The van der Waals surface area contributed by atoms with Gasteiger partial charge in [-0.1, -0.05) is 41.9 Å². The summed E-state index contributed by atoms with van der Waals surface area (Å²) in [7, 11) is -1.86. The number of anilines is 1. The molecule has 0 saturated carbocycles. The summed E-state index contributed by atoms with van der Waals surface area (Å²) in [6.45, 7) is 5.30. The quantitative estimate of drug-likeness (QED) is 0.379. The average Bonchev–Trinajstić information content (AvgIpc) is 3.35. The van der Waals surface area contributed by atoms with Gasteiger partial charge in [0.15, 0.2) is 9.84 Å². The lowest BCUT2D eigenvalue weighted by molar-refractivity contribution is 0.0501. The van der Waals surface area contributed by atoms with Crippen molar-refractivity contribution in [1.29, 1.82) is 0 Å². The van der Waals surface area contributed by atoms with Gasteiger partial charge in [0.1, 0.15) is 22.3 Å². The van der Waals surface area contributed by atoms with E-state index in [0.29, 0.717) is 29.2 Å². The van der Waals surface area contributed by atoms with Crippen molar-refractivity contribution in [3.05, 3.63) is 70.1 Å². The Morgan fingerprint density at radius 3 is 2.42 bits per heavy atom. The van der Waals surface area contributed by atoms with Crippen LogP contribution in [-0.4, -0.2) is 43.3 Å². The van der Waals surface area contributed by atoms with Crippen LogP contribution in [0, 0.1) is 0 Å². The molecule has 0 spiro atoms. The van der Waals surface area contributed by atoms with Gasteiger partial charge in [-0.15, -0.1) is 0 Å². The molecule has 12 heteroatoms. The predicted molar refractivity (Wildman–Crippen MR) is 144 cm³/mol. The molecule has 0 unspecified atom stereocenters.